The minimum atomic E-state index is -3.58. The highest BCUT2D eigenvalue weighted by atomic mass is 32.2. The van der Waals surface area contributed by atoms with Crippen molar-refractivity contribution in [2.45, 2.75) is 19.8 Å². The van der Waals surface area contributed by atoms with E-state index in [2.05, 4.69) is 10.4 Å². The van der Waals surface area contributed by atoms with E-state index in [0.717, 1.165) is 5.56 Å². The summed E-state index contributed by atoms with van der Waals surface area (Å²) in [4.78, 5) is 23.4. The molecule has 1 amide bonds. The minimum Gasteiger partial charge on any atom is -0.310 e. The molecule has 4 rings (SSSR count). The second-order valence-corrected chi connectivity index (χ2v) is 10.1. The topological polar surface area (TPSA) is 127 Å². The van der Waals surface area contributed by atoms with Crippen LogP contribution in [0.3, 0.4) is 0 Å². The summed E-state index contributed by atoms with van der Waals surface area (Å²) in [6, 6.07) is 16.8. The Morgan fingerprint density at radius 2 is 1.77 bits per heavy atom. The van der Waals surface area contributed by atoms with Gasteiger partial charge in [0, 0.05) is 42.6 Å². The molecule has 11 heteroatoms. The average Bonchev–Trinajstić information content (AvgIpc) is 3.23. The van der Waals surface area contributed by atoms with Crippen LogP contribution in [0.25, 0.3) is 11.8 Å². The first-order valence-corrected chi connectivity index (χ1v) is 12.6. The van der Waals surface area contributed by atoms with Gasteiger partial charge < -0.3 is 5.32 Å². The maximum absolute atomic E-state index is 12.9. The highest BCUT2D eigenvalue weighted by molar-refractivity contribution is 7.92. The van der Waals surface area contributed by atoms with Crippen molar-refractivity contribution in [3.05, 3.63) is 87.4 Å². The van der Waals surface area contributed by atoms with Crippen molar-refractivity contribution in [1.29, 1.82) is 0 Å². The van der Waals surface area contributed by atoms with E-state index < -0.39 is 14.9 Å². The smallest absolute Gasteiger partial charge is 0.269 e. The Balaban J connectivity index is 1.39. The summed E-state index contributed by atoms with van der Waals surface area (Å²) < 4.78 is 28.3. The molecule has 0 aliphatic carbocycles. The Morgan fingerprint density at radius 1 is 1.11 bits per heavy atom. The number of sulfonamides is 1. The Morgan fingerprint density at radius 3 is 2.40 bits per heavy atom. The van der Waals surface area contributed by atoms with E-state index in [-0.39, 0.29) is 30.6 Å². The van der Waals surface area contributed by atoms with E-state index in [4.69, 9.17) is 0 Å². The second kappa shape index (κ2) is 10.2. The van der Waals surface area contributed by atoms with Crippen molar-refractivity contribution in [3.8, 4) is 5.69 Å². The number of aryl methyl sites for hydroxylation is 1. The van der Waals surface area contributed by atoms with Gasteiger partial charge in [-0.05, 0) is 43.5 Å². The molecule has 0 saturated carbocycles. The summed E-state index contributed by atoms with van der Waals surface area (Å²) in [6.07, 6.45) is 2.36. The Hall–Kier alpha value is -3.83. The number of amides is 1. The van der Waals surface area contributed by atoms with Gasteiger partial charge in [-0.3, -0.25) is 14.9 Å². The highest BCUT2D eigenvalue weighted by Crippen LogP contribution is 2.24. The second-order valence-electron chi connectivity index (χ2n) is 8.28. The normalized spacial score (nSPS) is 15.3. The summed E-state index contributed by atoms with van der Waals surface area (Å²) in [5.41, 5.74) is 2.00. The van der Waals surface area contributed by atoms with E-state index in [9.17, 15) is 23.3 Å². The number of nitro benzene ring substituents is 1. The van der Waals surface area contributed by atoms with Gasteiger partial charge in [-0.1, -0.05) is 30.3 Å². The number of hydrogen-bond acceptors (Lipinski definition) is 6. The lowest BCUT2D eigenvalue weighted by Gasteiger charge is -2.29. The van der Waals surface area contributed by atoms with Crippen LogP contribution in [-0.4, -0.2) is 46.4 Å². The van der Waals surface area contributed by atoms with Crippen LogP contribution < -0.4 is 5.32 Å². The number of anilines is 1. The molecule has 1 aromatic heterocycles. The van der Waals surface area contributed by atoms with Gasteiger partial charge in [0.2, 0.25) is 15.9 Å². The number of nitro groups is 1. The lowest BCUT2D eigenvalue weighted by Crippen LogP contribution is -2.40. The fraction of sp³-hybridized carbons (Fsp3) is 0.250. The first-order valence-electron chi connectivity index (χ1n) is 11.1. The number of nitrogens with zero attached hydrogens (tertiary/aromatic N) is 4. The van der Waals surface area contributed by atoms with Crippen LogP contribution >= 0.6 is 0 Å². The van der Waals surface area contributed by atoms with Crippen molar-refractivity contribution in [2.75, 3.05) is 18.4 Å². The number of piperidine rings is 1. The molecule has 10 nitrogen and oxygen atoms in total. The monoisotopic (exact) mass is 495 g/mol. The van der Waals surface area contributed by atoms with Gasteiger partial charge in [0.15, 0.2) is 0 Å². The number of hydrogen-bond donors (Lipinski definition) is 1. The van der Waals surface area contributed by atoms with Crippen LogP contribution in [0.15, 0.2) is 66.1 Å². The van der Waals surface area contributed by atoms with E-state index in [0.29, 0.717) is 30.0 Å². The van der Waals surface area contributed by atoms with E-state index >= 15 is 0 Å². The third kappa shape index (κ3) is 5.81. The molecule has 182 valence electrons. The summed E-state index contributed by atoms with van der Waals surface area (Å²) in [5.74, 6) is -0.118. The fourth-order valence-corrected chi connectivity index (χ4v) is 5.14. The summed E-state index contributed by atoms with van der Waals surface area (Å²) in [7, 11) is -3.58. The molecule has 1 aliphatic rings. The van der Waals surface area contributed by atoms with Crippen LogP contribution in [0.4, 0.5) is 11.5 Å². The molecule has 1 fully saturated rings. The van der Waals surface area contributed by atoms with Crippen LogP contribution in [-0.2, 0) is 14.8 Å². The summed E-state index contributed by atoms with van der Waals surface area (Å²) in [6.45, 7) is 2.28. The molecule has 1 saturated heterocycles. The number of carbonyl (C=O) groups excluding carboxylic acids is 1. The first kappa shape index (κ1) is 24.3. The molecule has 0 bridgehead atoms. The average molecular weight is 496 g/mol. The van der Waals surface area contributed by atoms with Crippen molar-refractivity contribution in [1.82, 2.24) is 14.1 Å². The number of carbonyl (C=O) groups is 1. The molecule has 2 heterocycles. The molecule has 0 atom stereocenters. The number of aromatic nitrogens is 2. The van der Waals surface area contributed by atoms with E-state index in [1.165, 1.54) is 26.5 Å². The van der Waals surface area contributed by atoms with Gasteiger partial charge in [0.1, 0.15) is 5.82 Å². The van der Waals surface area contributed by atoms with E-state index in [1.807, 2.05) is 30.3 Å². The van der Waals surface area contributed by atoms with Gasteiger partial charge in [-0.15, -0.1) is 0 Å². The van der Waals surface area contributed by atoms with Crippen LogP contribution in [0.5, 0.6) is 0 Å². The standard InChI is InChI=1S/C24H25N5O5S/c1-18-17-23(28(26-18)21-7-9-22(10-8-21)29(31)32)25-24(30)20-11-14-27(15-12-20)35(33,34)16-13-19-5-3-2-4-6-19/h2-10,13,16-17,20H,11-12,14-15H2,1H3,(H,25,30)/b16-13+. The molecule has 0 radical (unpaired) electrons. The molecular weight excluding hydrogens is 470 g/mol. The maximum atomic E-state index is 12.9. The zero-order chi connectivity index (χ0) is 25.0. The Bertz CT molecular complexity index is 1340. The molecule has 0 spiro atoms. The van der Waals surface area contributed by atoms with Crippen molar-refractivity contribution < 1.29 is 18.1 Å². The molecule has 2 aromatic carbocycles. The maximum Gasteiger partial charge on any atom is 0.269 e. The largest absolute Gasteiger partial charge is 0.310 e. The summed E-state index contributed by atoms with van der Waals surface area (Å²) >= 11 is 0. The molecule has 35 heavy (non-hydrogen) atoms. The van der Waals surface area contributed by atoms with E-state index in [1.54, 1.807) is 31.2 Å². The van der Waals surface area contributed by atoms with Gasteiger partial charge in [0.25, 0.3) is 5.69 Å². The van der Waals surface area contributed by atoms with Crippen molar-refractivity contribution in [3.63, 3.8) is 0 Å². The fourth-order valence-electron chi connectivity index (χ4n) is 3.92. The van der Waals surface area contributed by atoms with Gasteiger partial charge in [-0.2, -0.15) is 9.40 Å². The molecule has 3 aromatic rings. The Labute approximate surface area is 203 Å². The number of non-ortho nitro benzene ring substituents is 1. The predicted octanol–water partition coefficient (Wildman–Crippen LogP) is 3.74. The lowest BCUT2D eigenvalue weighted by molar-refractivity contribution is -0.384. The first-order chi connectivity index (χ1) is 16.7. The van der Waals surface area contributed by atoms with Crippen molar-refractivity contribution >= 4 is 33.5 Å². The predicted molar refractivity (Wildman–Crippen MR) is 132 cm³/mol. The lowest BCUT2D eigenvalue weighted by atomic mass is 9.97. The molecule has 0 unspecified atom stereocenters. The van der Waals surface area contributed by atoms with Crippen molar-refractivity contribution in [2.24, 2.45) is 5.92 Å². The van der Waals surface area contributed by atoms with Gasteiger partial charge in [-0.25, -0.2) is 13.1 Å². The Kier molecular flexibility index (Phi) is 7.08. The third-order valence-electron chi connectivity index (χ3n) is 5.80. The third-order valence-corrected chi connectivity index (χ3v) is 7.37. The number of nitrogens with one attached hydrogen (secondary N) is 1. The zero-order valence-corrected chi connectivity index (χ0v) is 19.9. The number of benzene rings is 2. The molecular formula is C24H25N5O5S. The quantitative estimate of drug-likeness (QED) is 0.393. The molecule has 1 aliphatic heterocycles. The summed E-state index contributed by atoms with van der Waals surface area (Å²) in [5, 5.41) is 19.4. The van der Waals surface area contributed by atoms with Gasteiger partial charge >= 0.3 is 0 Å². The van der Waals surface area contributed by atoms with Crippen LogP contribution in [0.2, 0.25) is 0 Å². The molecule has 1 N–H and O–H groups in total. The SMILES string of the molecule is Cc1cc(NC(=O)C2CCN(S(=O)(=O)/C=C/c3ccccc3)CC2)n(-c2ccc([N+](=O)[O-])cc2)n1. The highest BCUT2D eigenvalue weighted by Gasteiger charge is 2.30. The zero-order valence-electron chi connectivity index (χ0n) is 19.1. The van der Waals surface area contributed by atoms with Crippen LogP contribution in [0, 0.1) is 23.0 Å². The van der Waals surface area contributed by atoms with Crippen LogP contribution in [0.1, 0.15) is 24.1 Å². The number of rotatable bonds is 7. The van der Waals surface area contributed by atoms with Gasteiger partial charge in [0.05, 0.1) is 16.3 Å². The minimum absolute atomic E-state index is 0.0384.